The highest BCUT2D eigenvalue weighted by Gasteiger charge is 2.28. The van der Waals surface area contributed by atoms with Gasteiger partial charge in [0.25, 0.3) is 0 Å². The van der Waals surface area contributed by atoms with Gasteiger partial charge in [0.05, 0.1) is 39.9 Å². The SMILES string of the molecule is CCCCCCCCCCCCCCCCCCC/C=C/C(O)C(COP(=O)(O)OCC[N+](C)(C)C)NC(=O)CCCCCCCCCCCCCCCCCCCCCCCCCCCCCCCCCCCCCCC. The molecule has 0 aliphatic rings. The highest BCUT2D eigenvalue weighted by atomic mass is 31.2. The lowest BCUT2D eigenvalue weighted by Gasteiger charge is -2.25. The normalized spacial score (nSPS) is 13.7. The molecule has 0 fully saturated rings. The Kier molecular flexibility index (Phi) is 60.2. The van der Waals surface area contributed by atoms with Crippen LogP contribution in [0.4, 0.5) is 0 Å². The summed E-state index contributed by atoms with van der Waals surface area (Å²) >= 11 is 0. The van der Waals surface area contributed by atoms with Crippen molar-refractivity contribution in [2.24, 2.45) is 0 Å². The summed E-state index contributed by atoms with van der Waals surface area (Å²) in [5.74, 6) is -0.167. The molecule has 0 aliphatic carbocycles. The number of carbonyl (C=O) groups excluding carboxylic acids is 1. The summed E-state index contributed by atoms with van der Waals surface area (Å²) in [6.07, 6.45) is 78.0. The molecule has 78 heavy (non-hydrogen) atoms. The largest absolute Gasteiger partial charge is 0.472 e. The van der Waals surface area contributed by atoms with Crippen molar-refractivity contribution in [2.75, 3.05) is 40.9 Å². The molecule has 0 radical (unpaired) electrons. The Morgan fingerprint density at radius 2 is 0.679 bits per heavy atom. The molecule has 0 spiro atoms. The van der Waals surface area contributed by atoms with Crippen LogP contribution in [-0.4, -0.2) is 73.4 Å². The maximum atomic E-state index is 13.0. The molecule has 0 rings (SSSR count). The van der Waals surface area contributed by atoms with E-state index in [1.807, 2.05) is 27.2 Å². The predicted molar refractivity (Wildman–Crippen MR) is 342 cm³/mol. The number of carbonyl (C=O) groups is 1. The van der Waals surface area contributed by atoms with Crippen LogP contribution in [0.25, 0.3) is 0 Å². The van der Waals surface area contributed by atoms with Crippen LogP contribution in [0.2, 0.25) is 0 Å². The molecule has 9 heteroatoms. The van der Waals surface area contributed by atoms with Crippen LogP contribution >= 0.6 is 7.82 Å². The Balaban J connectivity index is 3.92. The summed E-state index contributed by atoms with van der Waals surface area (Å²) in [5.41, 5.74) is 0. The fourth-order valence-corrected chi connectivity index (χ4v) is 11.8. The van der Waals surface area contributed by atoms with Gasteiger partial charge in [0, 0.05) is 6.42 Å². The number of phosphoric ester groups is 1. The number of hydrogen-bond acceptors (Lipinski definition) is 5. The van der Waals surface area contributed by atoms with Gasteiger partial charge < -0.3 is 19.8 Å². The number of rotatable bonds is 66. The molecule has 0 aromatic carbocycles. The number of nitrogens with one attached hydrogen (secondary N) is 1. The van der Waals surface area contributed by atoms with Gasteiger partial charge in [-0.3, -0.25) is 13.8 Å². The molecule has 0 aromatic heterocycles. The van der Waals surface area contributed by atoms with Gasteiger partial charge in [0.1, 0.15) is 13.2 Å². The maximum Gasteiger partial charge on any atom is 0.472 e. The average molecular weight is 1120 g/mol. The van der Waals surface area contributed by atoms with E-state index in [0.29, 0.717) is 17.4 Å². The Labute approximate surface area is 488 Å². The van der Waals surface area contributed by atoms with E-state index in [1.165, 1.54) is 321 Å². The maximum absolute atomic E-state index is 13.0. The van der Waals surface area contributed by atoms with Gasteiger partial charge in [-0.05, 0) is 19.3 Å². The van der Waals surface area contributed by atoms with Gasteiger partial charge >= 0.3 is 7.82 Å². The number of phosphoric acid groups is 1. The van der Waals surface area contributed by atoms with E-state index in [-0.39, 0.29) is 19.1 Å². The smallest absolute Gasteiger partial charge is 0.387 e. The van der Waals surface area contributed by atoms with Gasteiger partial charge in [-0.25, -0.2) is 4.57 Å². The van der Waals surface area contributed by atoms with E-state index < -0.39 is 20.0 Å². The topological polar surface area (TPSA) is 105 Å². The van der Waals surface area contributed by atoms with Crippen LogP contribution in [-0.2, 0) is 18.4 Å². The average Bonchev–Trinajstić information content (AvgIpc) is 3.41. The number of hydrogen-bond donors (Lipinski definition) is 3. The molecular formula is C69H140N2O6P+. The monoisotopic (exact) mass is 1120 g/mol. The van der Waals surface area contributed by atoms with Crippen molar-refractivity contribution in [3.8, 4) is 0 Å². The third-order valence-corrected chi connectivity index (χ3v) is 17.5. The van der Waals surface area contributed by atoms with Gasteiger partial charge in [0.15, 0.2) is 0 Å². The minimum absolute atomic E-state index is 0.0654. The van der Waals surface area contributed by atoms with Crippen LogP contribution < -0.4 is 5.32 Å². The first-order chi connectivity index (χ1) is 38.0. The number of amides is 1. The minimum atomic E-state index is -4.35. The van der Waals surface area contributed by atoms with Crippen molar-refractivity contribution < 1.29 is 32.9 Å². The number of quaternary nitrogens is 1. The summed E-state index contributed by atoms with van der Waals surface area (Å²) < 4.78 is 23.8. The Hall–Kier alpha value is -0.760. The van der Waals surface area contributed by atoms with Gasteiger partial charge in [-0.1, -0.05) is 360 Å². The second kappa shape index (κ2) is 60.8. The van der Waals surface area contributed by atoms with Crippen LogP contribution in [0.5, 0.6) is 0 Å². The number of allylic oxidation sites excluding steroid dienone is 1. The van der Waals surface area contributed by atoms with E-state index >= 15 is 0 Å². The number of likely N-dealkylation sites (N-methyl/N-ethyl adjacent to an activating group) is 1. The van der Waals surface area contributed by atoms with Crippen LogP contribution in [0.15, 0.2) is 12.2 Å². The molecular weight excluding hydrogens is 984 g/mol. The molecule has 8 nitrogen and oxygen atoms in total. The number of unbranched alkanes of at least 4 members (excludes halogenated alkanes) is 53. The lowest BCUT2D eigenvalue weighted by molar-refractivity contribution is -0.870. The summed E-state index contributed by atoms with van der Waals surface area (Å²) in [6.45, 7) is 4.88. The zero-order chi connectivity index (χ0) is 57.0. The summed E-state index contributed by atoms with van der Waals surface area (Å²) in [5, 5.41) is 14.0. The summed E-state index contributed by atoms with van der Waals surface area (Å²) in [7, 11) is 1.59. The molecule has 0 bridgehead atoms. The molecule has 0 aromatic rings. The first kappa shape index (κ1) is 77.2. The molecule has 3 atom stereocenters. The number of aliphatic hydroxyl groups excluding tert-OH is 1. The van der Waals surface area contributed by atoms with E-state index in [4.69, 9.17) is 9.05 Å². The zero-order valence-corrected chi connectivity index (χ0v) is 54.3. The van der Waals surface area contributed by atoms with Gasteiger partial charge in [-0.15, -0.1) is 0 Å². The lowest BCUT2D eigenvalue weighted by Crippen LogP contribution is -2.45. The van der Waals surface area contributed by atoms with Gasteiger partial charge in [-0.2, -0.15) is 0 Å². The van der Waals surface area contributed by atoms with Crippen molar-refractivity contribution in [2.45, 2.75) is 386 Å². The molecule has 0 aliphatic heterocycles. The minimum Gasteiger partial charge on any atom is -0.387 e. The zero-order valence-electron chi connectivity index (χ0n) is 53.5. The summed E-state index contributed by atoms with van der Waals surface area (Å²) in [6, 6.07) is -0.843. The third kappa shape index (κ3) is 62.8. The second-order valence-corrected chi connectivity index (χ2v) is 27.1. The molecule has 466 valence electrons. The van der Waals surface area contributed by atoms with Crippen molar-refractivity contribution in [3.05, 3.63) is 12.2 Å². The molecule has 3 N–H and O–H groups in total. The highest BCUT2D eigenvalue weighted by Crippen LogP contribution is 2.43. The Morgan fingerprint density at radius 3 is 0.949 bits per heavy atom. The van der Waals surface area contributed by atoms with Crippen LogP contribution in [0.1, 0.15) is 373 Å². The Morgan fingerprint density at radius 1 is 0.423 bits per heavy atom. The predicted octanol–water partition coefficient (Wildman–Crippen LogP) is 22.1. The van der Waals surface area contributed by atoms with E-state index in [2.05, 4.69) is 19.2 Å². The van der Waals surface area contributed by atoms with Gasteiger partial charge in [0.2, 0.25) is 5.91 Å². The summed E-state index contributed by atoms with van der Waals surface area (Å²) in [4.78, 5) is 23.4. The lowest BCUT2D eigenvalue weighted by atomic mass is 10.0. The quantitative estimate of drug-likeness (QED) is 0.0243. The molecule has 3 unspecified atom stereocenters. The highest BCUT2D eigenvalue weighted by molar-refractivity contribution is 7.47. The fraction of sp³-hybridized carbons (Fsp3) is 0.957. The van der Waals surface area contributed by atoms with Crippen molar-refractivity contribution in [3.63, 3.8) is 0 Å². The van der Waals surface area contributed by atoms with E-state index in [9.17, 15) is 19.4 Å². The molecule has 0 saturated carbocycles. The standard InChI is InChI=1S/C69H139N2O6P/c1-6-8-10-12-14-16-18-20-22-24-26-27-28-29-30-31-32-33-34-35-36-37-38-39-40-41-42-43-45-47-49-51-53-55-57-59-61-63-69(73)70-67(66-77-78(74,75)76-65-64-71(3,4)5)68(72)62-60-58-56-54-52-50-48-46-44-25-23-21-19-17-15-13-11-9-7-2/h60,62,67-68,72H,6-59,61,63-66H2,1-5H3,(H-,70,73,74,75)/p+1/b62-60+. The van der Waals surface area contributed by atoms with E-state index in [1.54, 1.807) is 6.08 Å². The molecule has 0 heterocycles. The number of nitrogens with zero attached hydrogens (tertiary/aromatic N) is 1. The first-order valence-electron chi connectivity index (χ1n) is 35.1. The molecule has 1 amide bonds. The van der Waals surface area contributed by atoms with Crippen molar-refractivity contribution in [1.82, 2.24) is 5.32 Å². The number of aliphatic hydroxyl groups is 1. The van der Waals surface area contributed by atoms with Crippen molar-refractivity contribution in [1.29, 1.82) is 0 Å². The third-order valence-electron chi connectivity index (χ3n) is 16.5. The van der Waals surface area contributed by atoms with Crippen LogP contribution in [0, 0.1) is 0 Å². The van der Waals surface area contributed by atoms with Crippen LogP contribution in [0.3, 0.4) is 0 Å². The fourth-order valence-electron chi connectivity index (χ4n) is 11.0. The first-order valence-corrected chi connectivity index (χ1v) is 36.6. The van der Waals surface area contributed by atoms with E-state index in [0.717, 1.165) is 32.1 Å². The molecule has 0 saturated heterocycles. The Bertz CT molecular complexity index is 1280. The second-order valence-electron chi connectivity index (χ2n) is 25.6. The van der Waals surface area contributed by atoms with Crippen molar-refractivity contribution >= 4 is 13.7 Å².